The van der Waals surface area contributed by atoms with E-state index in [-0.39, 0.29) is 24.2 Å². The monoisotopic (exact) mass is 518 g/mol. The zero-order valence-corrected chi connectivity index (χ0v) is 22.0. The lowest BCUT2D eigenvalue weighted by Crippen LogP contribution is -2.60. The van der Waals surface area contributed by atoms with Crippen molar-refractivity contribution in [2.75, 3.05) is 79.2 Å². The van der Waals surface area contributed by atoms with E-state index in [2.05, 4.69) is 32.0 Å². The van der Waals surface area contributed by atoms with Crippen LogP contribution in [0.15, 0.2) is 30.5 Å². The Morgan fingerprint density at radius 3 is 2.47 bits per heavy atom. The zero-order chi connectivity index (χ0) is 24.2. The molecule has 0 spiro atoms. The summed E-state index contributed by atoms with van der Waals surface area (Å²) < 4.78 is 5.48. The van der Waals surface area contributed by atoms with Gasteiger partial charge in [-0.1, -0.05) is 6.07 Å². The molecular formula is C26H39ClN6O3. The summed E-state index contributed by atoms with van der Waals surface area (Å²) in [5.74, 6) is -0.188. The van der Waals surface area contributed by atoms with E-state index in [0.29, 0.717) is 31.4 Å². The van der Waals surface area contributed by atoms with Gasteiger partial charge >= 0.3 is 0 Å². The topological polar surface area (TPSA) is 84.2 Å². The summed E-state index contributed by atoms with van der Waals surface area (Å²) in [5, 5.41) is 4.13. The third-order valence-corrected chi connectivity index (χ3v) is 7.80. The average Bonchev–Trinajstić information content (AvgIpc) is 3.37. The molecule has 2 aromatic rings. The number of hydrogen-bond acceptors (Lipinski definition) is 6. The first-order valence-corrected chi connectivity index (χ1v) is 13.0. The minimum atomic E-state index is -0.574. The Hall–Kier alpha value is -2.17. The van der Waals surface area contributed by atoms with Gasteiger partial charge in [0, 0.05) is 69.1 Å². The molecule has 1 aromatic heterocycles. The molecule has 1 atom stereocenters. The van der Waals surface area contributed by atoms with Crippen molar-refractivity contribution in [3.63, 3.8) is 0 Å². The molecule has 0 radical (unpaired) electrons. The molecule has 3 aliphatic rings. The number of halogens is 1. The number of carbonyl (C=O) groups is 2. The van der Waals surface area contributed by atoms with Crippen molar-refractivity contribution in [3.8, 4) is 0 Å². The number of aromatic amines is 1. The fourth-order valence-corrected chi connectivity index (χ4v) is 5.55. The Kier molecular flexibility index (Phi) is 9.25. The lowest BCUT2D eigenvalue weighted by molar-refractivity contribution is -0.136. The van der Waals surface area contributed by atoms with Crippen LogP contribution in [0.4, 0.5) is 0 Å². The van der Waals surface area contributed by atoms with Crippen LogP contribution in [0.5, 0.6) is 0 Å². The fourth-order valence-electron chi connectivity index (χ4n) is 5.55. The number of aromatic nitrogens is 1. The van der Waals surface area contributed by atoms with Gasteiger partial charge in [-0.05, 0) is 56.6 Å². The highest BCUT2D eigenvalue weighted by molar-refractivity contribution is 6.00. The van der Waals surface area contributed by atoms with E-state index < -0.39 is 6.04 Å². The zero-order valence-electron chi connectivity index (χ0n) is 21.2. The molecule has 5 rings (SSSR count). The minimum absolute atomic E-state index is 0. The molecule has 9 nitrogen and oxygen atoms in total. The van der Waals surface area contributed by atoms with Crippen molar-refractivity contribution in [2.24, 2.45) is 0 Å². The van der Waals surface area contributed by atoms with Gasteiger partial charge in [-0.3, -0.25) is 19.4 Å². The molecule has 198 valence electrons. The molecule has 0 aliphatic carbocycles. The van der Waals surface area contributed by atoms with Gasteiger partial charge in [0.1, 0.15) is 6.04 Å². The molecule has 3 fully saturated rings. The van der Waals surface area contributed by atoms with Gasteiger partial charge in [-0.25, -0.2) is 0 Å². The molecule has 10 heteroatoms. The number of fused-ring (bicyclic) bond motifs is 1. The van der Waals surface area contributed by atoms with Crippen LogP contribution in [0.3, 0.4) is 0 Å². The first-order valence-electron chi connectivity index (χ1n) is 13.0. The smallest absolute Gasteiger partial charge is 0.252 e. The Labute approximate surface area is 219 Å². The highest BCUT2D eigenvalue weighted by atomic mass is 35.5. The molecule has 4 heterocycles. The number of nitrogens with one attached hydrogen (secondary N) is 2. The Morgan fingerprint density at radius 2 is 1.75 bits per heavy atom. The van der Waals surface area contributed by atoms with E-state index in [0.717, 1.165) is 63.3 Å². The molecular weight excluding hydrogens is 480 g/mol. The molecule has 3 aliphatic heterocycles. The Balaban J connectivity index is 0.00000304. The number of piperazine rings is 1. The first-order chi connectivity index (χ1) is 17.1. The lowest BCUT2D eigenvalue weighted by Gasteiger charge is -2.43. The molecule has 0 bridgehead atoms. The molecule has 1 aromatic carbocycles. The second-order valence-corrected chi connectivity index (χ2v) is 10.1. The van der Waals surface area contributed by atoms with Gasteiger partial charge in [0.2, 0.25) is 5.91 Å². The largest absolute Gasteiger partial charge is 0.379 e. The number of ether oxygens (including phenoxy) is 1. The quantitative estimate of drug-likeness (QED) is 0.599. The Morgan fingerprint density at radius 1 is 1.03 bits per heavy atom. The highest BCUT2D eigenvalue weighted by Gasteiger charge is 2.33. The van der Waals surface area contributed by atoms with Gasteiger partial charge in [0.05, 0.1) is 13.2 Å². The number of amides is 2. The summed E-state index contributed by atoms with van der Waals surface area (Å²) in [6, 6.07) is 7.63. The van der Waals surface area contributed by atoms with Crippen molar-refractivity contribution in [2.45, 2.75) is 24.9 Å². The third-order valence-electron chi connectivity index (χ3n) is 7.80. The van der Waals surface area contributed by atoms with Crippen LogP contribution in [-0.2, 0) is 9.53 Å². The molecule has 2 amide bonds. The maximum absolute atomic E-state index is 13.7. The molecule has 2 N–H and O–H groups in total. The van der Waals surface area contributed by atoms with E-state index >= 15 is 0 Å². The number of morpholine rings is 1. The number of benzene rings is 1. The van der Waals surface area contributed by atoms with E-state index in [1.807, 2.05) is 35.4 Å². The van der Waals surface area contributed by atoms with Crippen LogP contribution >= 0.6 is 12.4 Å². The maximum Gasteiger partial charge on any atom is 0.252 e. The van der Waals surface area contributed by atoms with E-state index in [9.17, 15) is 9.59 Å². The summed E-state index contributed by atoms with van der Waals surface area (Å²) in [5.41, 5.74) is 1.48. The highest BCUT2D eigenvalue weighted by Crippen LogP contribution is 2.18. The van der Waals surface area contributed by atoms with Gasteiger partial charge in [-0.2, -0.15) is 0 Å². The van der Waals surface area contributed by atoms with E-state index in [1.54, 1.807) is 0 Å². The van der Waals surface area contributed by atoms with Crippen molar-refractivity contribution >= 4 is 35.1 Å². The predicted octanol–water partition coefficient (Wildman–Crippen LogP) is 1.26. The second kappa shape index (κ2) is 12.4. The third kappa shape index (κ3) is 6.39. The number of piperidine rings is 1. The standard InChI is InChI=1S/C26H38N6O3.ClH/c1-29-8-5-22(6-9-29)31-10-12-32(13-11-31)26(34)24(19-30-14-16-35-17-15-30)28-25(33)21-3-2-20-4-7-27-23(20)18-21;/h2-4,7,18,22,24,27H,5-6,8-17,19H2,1H3,(H,28,33);1H/t24-;/m1./s1. The second-order valence-electron chi connectivity index (χ2n) is 10.1. The number of rotatable bonds is 6. The summed E-state index contributed by atoms with van der Waals surface area (Å²) in [4.78, 5) is 39.1. The minimum Gasteiger partial charge on any atom is -0.379 e. The predicted molar refractivity (Wildman–Crippen MR) is 143 cm³/mol. The van der Waals surface area contributed by atoms with Crippen LogP contribution in [0.2, 0.25) is 0 Å². The van der Waals surface area contributed by atoms with Crippen LogP contribution < -0.4 is 5.32 Å². The van der Waals surface area contributed by atoms with E-state index in [4.69, 9.17) is 4.74 Å². The molecule has 36 heavy (non-hydrogen) atoms. The number of likely N-dealkylation sites (tertiary alicyclic amines) is 1. The van der Waals surface area contributed by atoms with Crippen LogP contribution in [0.25, 0.3) is 10.9 Å². The van der Waals surface area contributed by atoms with Gasteiger partial charge in [-0.15, -0.1) is 12.4 Å². The van der Waals surface area contributed by atoms with Crippen molar-refractivity contribution in [1.82, 2.24) is 29.9 Å². The normalized spacial score (nSPS) is 21.8. The number of H-pyrrole nitrogens is 1. The average molecular weight is 519 g/mol. The number of carbonyl (C=O) groups excluding carboxylic acids is 2. The summed E-state index contributed by atoms with van der Waals surface area (Å²) in [7, 11) is 2.19. The van der Waals surface area contributed by atoms with Gasteiger partial charge in [0.25, 0.3) is 5.91 Å². The summed E-state index contributed by atoms with van der Waals surface area (Å²) in [6.45, 7) is 8.91. The lowest BCUT2D eigenvalue weighted by atomic mass is 10.0. The van der Waals surface area contributed by atoms with Gasteiger partial charge < -0.3 is 24.8 Å². The summed E-state index contributed by atoms with van der Waals surface area (Å²) in [6.07, 6.45) is 4.26. The van der Waals surface area contributed by atoms with Gasteiger partial charge in [0.15, 0.2) is 0 Å². The van der Waals surface area contributed by atoms with E-state index in [1.165, 1.54) is 12.8 Å². The van der Waals surface area contributed by atoms with Crippen molar-refractivity contribution < 1.29 is 14.3 Å². The first kappa shape index (κ1) is 26.9. The van der Waals surface area contributed by atoms with Crippen LogP contribution in [0.1, 0.15) is 23.2 Å². The Bertz CT molecular complexity index is 1010. The van der Waals surface area contributed by atoms with Crippen LogP contribution in [0, 0.1) is 0 Å². The number of hydrogen-bond donors (Lipinski definition) is 2. The molecule has 0 unspecified atom stereocenters. The van der Waals surface area contributed by atoms with Crippen molar-refractivity contribution in [3.05, 3.63) is 36.0 Å². The van der Waals surface area contributed by atoms with Crippen molar-refractivity contribution in [1.29, 1.82) is 0 Å². The maximum atomic E-state index is 13.7. The SMILES string of the molecule is CN1CCC(N2CCN(C(=O)[C@@H](CN3CCOCC3)NC(=O)c3ccc4cc[nH]c4c3)CC2)CC1.Cl. The van der Waals surface area contributed by atoms with Crippen LogP contribution in [-0.4, -0.2) is 128 Å². The number of nitrogens with zero attached hydrogens (tertiary/aromatic N) is 4. The fraction of sp³-hybridized carbons (Fsp3) is 0.615. The molecule has 3 saturated heterocycles. The summed E-state index contributed by atoms with van der Waals surface area (Å²) >= 11 is 0. The molecule has 0 saturated carbocycles.